The maximum absolute atomic E-state index is 12.1. The highest BCUT2D eigenvalue weighted by molar-refractivity contribution is 7.92. The Morgan fingerprint density at radius 3 is 2.44 bits per heavy atom. The normalized spacial score (nSPS) is 30.2. The second-order valence-corrected chi connectivity index (χ2v) is 7.91. The van der Waals surface area contributed by atoms with Crippen LogP contribution in [0.5, 0.6) is 0 Å². The molecule has 0 aromatic rings. The third kappa shape index (κ3) is 2.77. The molecule has 2 unspecified atom stereocenters. The highest BCUT2D eigenvalue weighted by Gasteiger charge is 2.43. The summed E-state index contributed by atoms with van der Waals surface area (Å²) in [6.07, 6.45) is 2.95. The molecule has 2 atom stereocenters. The van der Waals surface area contributed by atoms with E-state index in [4.69, 9.17) is 0 Å². The molecule has 0 bridgehead atoms. The van der Waals surface area contributed by atoms with Crippen LogP contribution in [0, 0.1) is 5.41 Å². The van der Waals surface area contributed by atoms with Crippen LogP contribution in [-0.2, 0) is 9.84 Å². The lowest BCUT2D eigenvalue weighted by molar-refractivity contribution is 0.172. The number of sulfone groups is 1. The van der Waals surface area contributed by atoms with Gasteiger partial charge in [-0.2, -0.15) is 0 Å². The summed E-state index contributed by atoms with van der Waals surface area (Å²) in [7, 11) is -2.93. The fraction of sp³-hybridized carbons (Fsp3) is 1.00. The fourth-order valence-corrected chi connectivity index (χ4v) is 4.65. The monoisotopic (exact) mass is 247 g/mol. The van der Waals surface area contributed by atoms with E-state index >= 15 is 0 Å². The molecule has 1 N–H and O–H groups in total. The Bertz CT molecular complexity index is 322. The molecule has 16 heavy (non-hydrogen) atoms. The highest BCUT2D eigenvalue weighted by atomic mass is 32.2. The lowest BCUT2D eigenvalue weighted by Crippen LogP contribution is -2.55. The van der Waals surface area contributed by atoms with Gasteiger partial charge in [-0.05, 0) is 24.8 Å². The van der Waals surface area contributed by atoms with E-state index < -0.39 is 9.84 Å². The van der Waals surface area contributed by atoms with E-state index in [1.54, 1.807) is 6.92 Å². The fourth-order valence-electron chi connectivity index (χ4n) is 2.81. The van der Waals surface area contributed by atoms with E-state index in [1.807, 2.05) is 6.92 Å². The SMILES string of the molecule is CCNC1C(S(=O)(=O)CC)CCCC1(C)C. The van der Waals surface area contributed by atoms with Crippen LogP contribution in [0.1, 0.15) is 47.0 Å². The summed E-state index contributed by atoms with van der Waals surface area (Å²) in [6, 6.07) is 0.108. The smallest absolute Gasteiger partial charge is 0.154 e. The van der Waals surface area contributed by atoms with Crippen LogP contribution >= 0.6 is 0 Å². The third-order valence-corrected chi connectivity index (χ3v) is 6.05. The molecule has 1 fully saturated rings. The second kappa shape index (κ2) is 5.05. The summed E-state index contributed by atoms with van der Waals surface area (Å²) in [6.45, 7) is 8.99. The van der Waals surface area contributed by atoms with Crippen LogP contribution in [0.2, 0.25) is 0 Å². The molecule has 0 saturated heterocycles. The van der Waals surface area contributed by atoms with Crippen LogP contribution < -0.4 is 5.32 Å². The first-order chi connectivity index (χ1) is 7.35. The number of nitrogens with one attached hydrogen (secondary N) is 1. The van der Waals surface area contributed by atoms with Crippen molar-refractivity contribution >= 4 is 9.84 Å². The number of hydrogen-bond acceptors (Lipinski definition) is 3. The van der Waals surface area contributed by atoms with Gasteiger partial charge in [0, 0.05) is 11.8 Å². The van der Waals surface area contributed by atoms with Crippen LogP contribution in [-0.4, -0.2) is 32.0 Å². The minimum Gasteiger partial charge on any atom is -0.312 e. The average Bonchev–Trinajstić information content (AvgIpc) is 2.20. The van der Waals surface area contributed by atoms with Crippen molar-refractivity contribution in [1.82, 2.24) is 5.32 Å². The molecule has 0 aliphatic heterocycles. The summed E-state index contributed by atoms with van der Waals surface area (Å²) < 4.78 is 24.2. The van der Waals surface area contributed by atoms with E-state index in [9.17, 15) is 8.42 Å². The minimum atomic E-state index is -2.93. The van der Waals surface area contributed by atoms with Gasteiger partial charge in [-0.15, -0.1) is 0 Å². The molecule has 0 heterocycles. The molecule has 1 rings (SSSR count). The van der Waals surface area contributed by atoms with Crippen molar-refractivity contribution in [2.75, 3.05) is 12.3 Å². The van der Waals surface area contributed by atoms with Gasteiger partial charge < -0.3 is 5.32 Å². The van der Waals surface area contributed by atoms with Gasteiger partial charge in [0.25, 0.3) is 0 Å². The van der Waals surface area contributed by atoms with Gasteiger partial charge in [0.15, 0.2) is 9.84 Å². The molecule has 1 aliphatic carbocycles. The highest BCUT2D eigenvalue weighted by Crippen LogP contribution is 2.38. The molecule has 0 aromatic heterocycles. The maximum Gasteiger partial charge on any atom is 0.154 e. The Morgan fingerprint density at radius 1 is 1.31 bits per heavy atom. The van der Waals surface area contributed by atoms with Crippen LogP contribution in [0.15, 0.2) is 0 Å². The quantitative estimate of drug-likeness (QED) is 0.826. The van der Waals surface area contributed by atoms with Gasteiger partial charge in [0.1, 0.15) is 0 Å². The van der Waals surface area contributed by atoms with Crippen LogP contribution in [0.3, 0.4) is 0 Å². The molecule has 0 aromatic carbocycles. The molecule has 0 radical (unpaired) electrons. The Labute approximate surface area is 99.9 Å². The first-order valence-electron chi connectivity index (χ1n) is 6.30. The maximum atomic E-state index is 12.1. The molecule has 96 valence electrons. The van der Waals surface area contributed by atoms with Crippen molar-refractivity contribution in [2.24, 2.45) is 5.41 Å². The topological polar surface area (TPSA) is 46.2 Å². The Kier molecular flexibility index (Phi) is 4.41. The van der Waals surface area contributed by atoms with Crippen molar-refractivity contribution in [3.8, 4) is 0 Å². The van der Waals surface area contributed by atoms with E-state index in [0.717, 1.165) is 25.8 Å². The Balaban J connectivity index is 2.98. The van der Waals surface area contributed by atoms with Gasteiger partial charge in [-0.25, -0.2) is 8.42 Å². The van der Waals surface area contributed by atoms with Crippen molar-refractivity contribution in [3.63, 3.8) is 0 Å². The molecule has 1 aliphatic rings. The summed E-state index contributed by atoms with van der Waals surface area (Å²) in [4.78, 5) is 0. The predicted molar refractivity (Wildman–Crippen MR) is 68.3 cm³/mol. The van der Waals surface area contributed by atoms with Crippen LogP contribution in [0.25, 0.3) is 0 Å². The molecule has 4 heteroatoms. The van der Waals surface area contributed by atoms with Crippen molar-refractivity contribution in [2.45, 2.75) is 58.2 Å². The van der Waals surface area contributed by atoms with E-state index in [0.29, 0.717) is 0 Å². The zero-order valence-corrected chi connectivity index (χ0v) is 11.7. The largest absolute Gasteiger partial charge is 0.312 e. The zero-order chi connectivity index (χ0) is 12.4. The standard InChI is InChI=1S/C12H25NO2S/c1-5-13-11-10(16(14,15)6-2)8-7-9-12(11,3)4/h10-11,13H,5-9H2,1-4H3. The lowest BCUT2D eigenvalue weighted by Gasteiger charge is -2.44. The summed E-state index contributed by atoms with van der Waals surface area (Å²) in [5, 5.41) is 3.19. The predicted octanol–water partition coefficient (Wildman–Crippen LogP) is 1.98. The first-order valence-corrected chi connectivity index (χ1v) is 8.01. The summed E-state index contributed by atoms with van der Waals surface area (Å²) in [5.41, 5.74) is 0.0845. The van der Waals surface area contributed by atoms with Crippen molar-refractivity contribution in [3.05, 3.63) is 0 Å². The van der Waals surface area contributed by atoms with E-state index in [2.05, 4.69) is 19.2 Å². The first kappa shape index (κ1) is 14.0. The number of rotatable bonds is 4. The summed E-state index contributed by atoms with van der Waals surface area (Å²) >= 11 is 0. The minimum absolute atomic E-state index is 0.0845. The van der Waals surface area contributed by atoms with E-state index in [1.165, 1.54) is 0 Å². The lowest BCUT2D eigenvalue weighted by atomic mass is 9.73. The molecule has 0 amide bonds. The zero-order valence-electron chi connectivity index (χ0n) is 10.9. The second-order valence-electron chi connectivity index (χ2n) is 5.41. The van der Waals surface area contributed by atoms with Gasteiger partial charge in [-0.1, -0.05) is 34.1 Å². The average molecular weight is 247 g/mol. The third-order valence-electron chi connectivity index (χ3n) is 3.81. The number of hydrogen-bond donors (Lipinski definition) is 1. The van der Waals surface area contributed by atoms with Gasteiger partial charge in [-0.3, -0.25) is 0 Å². The van der Waals surface area contributed by atoms with Crippen molar-refractivity contribution < 1.29 is 8.42 Å². The molecular weight excluding hydrogens is 222 g/mol. The Hall–Kier alpha value is -0.0900. The molecule has 1 saturated carbocycles. The molecule has 0 spiro atoms. The molecular formula is C12H25NO2S. The Morgan fingerprint density at radius 2 is 1.94 bits per heavy atom. The van der Waals surface area contributed by atoms with Crippen molar-refractivity contribution in [1.29, 1.82) is 0 Å². The van der Waals surface area contributed by atoms with Crippen LogP contribution in [0.4, 0.5) is 0 Å². The van der Waals surface area contributed by atoms with Gasteiger partial charge >= 0.3 is 0 Å². The molecule has 3 nitrogen and oxygen atoms in total. The van der Waals surface area contributed by atoms with Gasteiger partial charge in [0.2, 0.25) is 0 Å². The van der Waals surface area contributed by atoms with E-state index in [-0.39, 0.29) is 22.5 Å². The summed E-state index contributed by atoms with van der Waals surface area (Å²) in [5.74, 6) is 0.260. The van der Waals surface area contributed by atoms with Gasteiger partial charge in [0.05, 0.1) is 5.25 Å².